The van der Waals surface area contributed by atoms with E-state index in [2.05, 4.69) is 35.5 Å². The highest BCUT2D eigenvalue weighted by atomic mass is 32.1. The van der Waals surface area contributed by atoms with Crippen LogP contribution in [0.1, 0.15) is 66.8 Å². The number of aromatic nitrogens is 1. The Morgan fingerprint density at radius 2 is 1.88 bits per heavy atom. The quantitative estimate of drug-likeness (QED) is 0.683. The predicted octanol–water partition coefficient (Wildman–Crippen LogP) is 4.67. The topological polar surface area (TPSA) is 74.8 Å². The molecular weight excluding hydrogens is 448 g/mol. The van der Waals surface area contributed by atoms with Crippen molar-refractivity contribution in [1.29, 1.82) is 0 Å². The molecule has 0 unspecified atom stereocenters. The van der Waals surface area contributed by atoms with Gasteiger partial charge in [-0.05, 0) is 96.3 Å². The Balaban J connectivity index is 1.38. The van der Waals surface area contributed by atoms with Crippen LogP contribution in [-0.2, 0) is 4.74 Å². The van der Waals surface area contributed by atoms with Gasteiger partial charge in [-0.25, -0.2) is 4.79 Å². The van der Waals surface area contributed by atoms with Gasteiger partial charge < -0.3 is 19.9 Å². The number of likely N-dealkylation sites (tertiary alicyclic amines) is 2. The number of aryl methyl sites for hydroxylation is 1. The Kier molecular flexibility index (Phi) is 7.28. The molecule has 2 saturated heterocycles. The lowest BCUT2D eigenvalue weighted by Crippen LogP contribution is -2.41. The van der Waals surface area contributed by atoms with Gasteiger partial charge in [0, 0.05) is 19.3 Å². The number of piperidine rings is 1. The number of hydrogen-bond acceptors (Lipinski definition) is 6. The molecule has 4 heterocycles. The summed E-state index contributed by atoms with van der Waals surface area (Å²) in [5, 5.41) is 2.89. The highest BCUT2D eigenvalue weighted by molar-refractivity contribution is 7.17. The number of carbonyl (C=O) groups is 2. The zero-order valence-corrected chi connectivity index (χ0v) is 21.7. The van der Waals surface area contributed by atoms with Crippen LogP contribution in [0, 0.1) is 6.92 Å². The van der Waals surface area contributed by atoms with E-state index in [0.717, 1.165) is 40.5 Å². The van der Waals surface area contributed by atoms with E-state index in [-0.39, 0.29) is 11.9 Å². The van der Waals surface area contributed by atoms with E-state index in [9.17, 15) is 9.59 Å². The van der Waals surface area contributed by atoms with Crippen molar-refractivity contribution in [3.05, 3.63) is 40.4 Å². The molecule has 2 amide bonds. The molecular formula is C26H36N4O3S. The number of hydrogen-bond donors (Lipinski definition) is 1. The lowest BCUT2D eigenvalue weighted by molar-refractivity contribution is 0.0502. The van der Waals surface area contributed by atoms with Crippen LogP contribution in [0.3, 0.4) is 0 Å². The zero-order valence-electron chi connectivity index (χ0n) is 20.9. The second-order valence-corrected chi connectivity index (χ2v) is 11.6. The van der Waals surface area contributed by atoms with Crippen molar-refractivity contribution in [3.63, 3.8) is 0 Å². The maximum absolute atomic E-state index is 13.2. The van der Waals surface area contributed by atoms with Gasteiger partial charge in [-0.2, -0.15) is 0 Å². The van der Waals surface area contributed by atoms with Crippen molar-refractivity contribution in [1.82, 2.24) is 20.1 Å². The van der Waals surface area contributed by atoms with E-state index in [1.54, 1.807) is 0 Å². The standard InChI is InChI=1S/C26H36N4O3S/c1-17-14-22(21-7-6-19(15-27-21)18-8-11-29(5)12-9-18)34-23(17)24(31)30-13-10-20(16-30)28-25(32)33-26(2,3)4/h6-7,14-15,18,20H,8-13,16H2,1-5H3,(H,28,32)/t20-/m0/s1. The van der Waals surface area contributed by atoms with Crippen molar-refractivity contribution in [2.45, 2.75) is 64.5 Å². The summed E-state index contributed by atoms with van der Waals surface area (Å²) in [7, 11) is 2.18. The summed E-state index contributed by atoms with van der Waals surface area (Å²) in [6, 6.07) is 6.25. The fourth-order valence-electron chi connectivity index (χ4n) is 4.64. The molecule has 1 N–H and O–H groups in total. The third-order valence-corrected chi connectivity index (χ3v) is 7.78. The van der Waals surface area contributed by atoms with Gasteiger partial charge >= 0.3 is 6.09 Å². The van der Waals surface area contributed by atoms with Crippen LogP contribution < -0.4 is 5.32 Å². The molecule has 1 atom stereocenters. The minimum absolute atomic E-state index is 0.0187. The van der Waals surface area contributed by atoms with E-state index in [1.807, 2.05) is 38.8 Å². The normalized spacial score (nSPS) is 19.9. The summed E-state index contributed by atoms with van der Waals surface area (Å²) in [5.74, 6) is 0.600. The molecule has 0 spiro atoms. The molecule has 0 saturated carbocycles. The maximum atomic E-state index is 13.2. The molecule has 4 rings (SSSR count). The monoisotopic (exact) mass is 484 g/mol. The van der Waals surface area contributed by atoms with Crippen molar-refractivity contribution in [3.8, 4) is 10.6 Å². The summed E-state index contributed by atoms with van der Waals surface area (Å²) >= 11 is 1.50. The number of thiophene rings is 1. The smallest absolute Gasteiger partial charge is 0.407 e. The zero-order chi connectivity index (χ0) is 24.5. The van der Waals surface area contributed by atoms with Crippen molar-refractivity contribution in [2.24, 2.45) is 0 Å². The predicted molar refractivity (Wildman–Crippen MR) is 135 cm³/mol. The maximum Gasteiger partial charge on any atom is 0.407 e. The van der Waals surface area contributed by atoms with Crippen LogP contribution in [0.25, 0.3) is 10.6 Å². The average Bonchev–Trinajstić information content (AvgIpc) is 3.39. The van der Waals surface area contributed by atoms with Crippen molar-refractivity contribution < 1.29 is 14.3 Å². The molecule has 2 aliphatic heterocycles. The van der Waals surface area contributed by atoms with Crippen LogP contribution in [0.5, 0.6) is 0 Å². The summed E-state index contributed by atoms with van der Waals surface area (Å²) in [6.45, 7) is 10.9. The van der Waals surface area contributed by atoms with Gasteiger partial charge in [-0.3, -0.25) is 9.78 Å². The highest BCUT2D eigenvalue weighted by Crippen LogP contribution is 2.33. The lowest BCUT2D eigenvalue weighted by Gasteiger charge is -2.29. The minimum Gasteiger partial charge on any atom is -0.444 e. The molecule has 2 aliphatic rings. The number of pyridine rings is 1. The number of amides is 2. The Labute approximate surface area is 206 Å². The van der Waals surface area contributed by atoms with Gasteiger partial charge in [0.25, 0.3) is 5.91 Å². The fourth-order valence-corrected chi connectivity index (χ4v) is 5.75. The number of rotatable bonds is 4. The Morgan fingerprint density at radius 3 is 2.53 bits per heavy atom. The first-order chi connectivity index (χ1) is 16.1. The minimum atomic E-state index is -0.540. The van der Waals surface area contributed by atoms with E-state index >= 15 is 0 Å². The molecule has 0 aromatic carbocycles. The van der Waals surface area contributed by atoms with Gasteiger partial charge in [0.05, 0.1) is 21.5 Å². The molecule has 34 heavy (non-hydrogen) atoms. The first-order valence-corrected chi connectivity index (χ1v) is 12.9. The van der Waals surface area contributed by atoms with Gasteiger partial charge in [-0.15, -0.1) is 11.3 Å². The van der Waals surface area contributed by atoms with Crippen LogP contribution in [0.4, 0.5) is 4.79 Å². The number of alkyl carbamates (subject to hydrolysis) is 1. The number of carbonyl (C=O) groups excluding carboxylic acids is 2. The van der Waals surface area contributed by atoms with Crippen molar-refractivity contribution >= 4 is 23.3 Å². The van der Waals surface area contributed by atoms with Crippen molar-refractivity contribution in [2.75, 3.05) is 33.2 Å². The molecule has 2 aromatic rings. The summed E-state index contributed by atoms with van der Waals surface area (Å²) in [6.07, 6.45) is 4.65. The molecule has 0 bridgehead atoms. The number of nitrogens with one attached hydrogen (secondary N) is 1. The van der Waals surface area contributed by atoms with Gasteiger partial charge in [0.1, 0.15) is 5.60 Å². The summed E-state index contributed by atoms with van der Waals surface area (Å²) < 4.78 is 5.34. The molecule has 2 aromatic heterocycles. The van der Waals surface area contributed by atoms with Gasteiger partial charge in [0.15, 0.2) is 0 Å². The molecule has 184 valence electrons. The van der Waals surface area contributed by atoms with E-state index in [0.29, 0.717) is 19.0 Å². The first-order valence-electron chi connectivity index (χ1n) is 12.1. The van der Waals surface area contributed by atoms with E-state index in [1.165, 1.54) is 29.7 Å². The summed E-state index contributed by atoms with van der Waals surface area (Å²) in [5.41, 5.74) is 2.65. The number of nitrogens with zero attached hydrogens (tertiary/aromatic N) is 3. The molecule has 2 fully saturated rings. The molecule has 8 heteroatoms. The summed E-state index contributed by atoms with van der Waals surface area (Å²) in [4.78, 5) is 36.0. The second-order valence-electron chi connectivity index (χ2n) is 10.6. The largest absolute Gasteiger partial charge is 0.444 e. The van der Waals surface area contributed by atoms with E-state index in [4.69, 9.17) is 9.72 Å². The van der Waals surface area contributed by atoms with E-state index < -0.39 is 11.7 Å². The van der Waals surface area contributed by atoms with Crippen LogP contribution in [0.15, 0.2) is 24.4 Å². The average molecular weight is 485 g/mol. The molecule has 0 aliphatic carbocycles. The molecule has 7 nitrogen and oxygen atoms in total. The Hall–Kier alpha value is -2.45. The SMILES string of the molecule is Cc1cc(-c2ccc(C3CCN(C)CC3)cn2)sc1C(=O)N1CC[C@H](NC(=O)OC(C)(C)C)C1. The lowest BCUT2D eigenvalue weighted by atomic mass is 9.90. The third-order valence-electron chi connectivity index (χ3n) is 6.54. The second kappa shape index (κ2) is 10.0. The molecule has 0 radical (unpaired) electrons. The number of ether oxygens (including phenoxy) is 1. The van der Waals surface area contributed by atoms with Gasteiger partial charge in [-0.1, -0.05) is 6.07 Å². The third kappa shape index (κ3) is 5.96. The Bertz CT molecular complexity index is 1020. The highest BCUT2D eigenvalue weighted by Gasteiger charge is 2.31. The van der Waals surface area contributed by atoms with Crippen LogP contribution >= 0.6 is 11.3 Å². The fraction of sp³-hybridized carbons (Fsp3) is 0.577. The van der Waals surface area contributed by atoms with Crippen LogP contribution in [-0.4, -0.2) is 71.7 Å². The Morgan fingerprint density at radius 1 is 1.15 bits per heavy atom. The van der Waals surface area contributed by atoms with Gasteiger partial charge in [0.2, 0.25) is 0 Å². The first kappa shape index (κ1) is 24.7. The van der Waals surface area contributed by atoms with Crippen LogP contribution in [0.2, 0.25) is 0 Å².